The molecule has 2 fully saturated rings. The van der Waals surface area contributed by atoms with Crippen LogP contribution in [0.15, 0.2) is 16.6 Å². The smallest absolute Gasteiger partial charge is 0.0400 e. The van der Waals surface area contributed by atoms with Gasteiger partial charge >= 0.3 is 0 Å². The summed E-state index contributed by atoms with van der Waals surface area (Å²) in [6.07, 6.45) is 7.32. The van der Waals surface area contributed by atoms with Crippen LogP contribution in [0.4, 0.5) is 0 Å². The molecule has 0 radical (unpaired) electrons. The van der Waals surface area contributed by atoms with Crippen LogP contribution in [-0.2, 0) is 0 Å². The zero-order chi connectivity index (χ0) is 13.6. The van der Waals surface area contributed by atoms with E-state index in [-0.39, 0.29) is 0 Å². The van der Waals surface area contributed by atoms with Gasteiger partial charge in [0.1, 0.15) is 0 Å². The molecule has 2 aliphatic carbocycles. The monoisotopic (exact) mass is 384 g/mol. The van der Waals surface area contributed by atoms with Crippen molar-refractivity contribution < 1.29 is 0 Å². The molecular formula is C17H22Br2. The van der Waals surface area contributed by atoms with Crippen LogP contribution in [0.2, 0.25) is 0 Å². The summed E-state index contributed by atoms with van der Waals surface area (Å²) in [5.74, 6) is 3.05. The van der Waals surface area contributed by atoms with Crippen molar-refractivity contribution in [2.45, 2.75) is 50.8 Å². The lowest BCUT2D eigenvalue weighted by Crippen LogP contribution is -2.12. The average molecular weight is 386 g/mol. The summed E-state index contributed by atoms with van der Waals surface area (Å²) in [5.41, 5.74) is 4.24. The van der Waals surface area contributed by atoms with E-state index in [1.54, 1.807) is 0 Å². The minimum Gasteiger partial charge on any atom is -0.0839 e. The minimum atomic E-state index is 0.531. The molecule has 0 N–H and O–H groups in total. The van der Waals surface area contributed by atoms with Gasteiger partial charge in [0.2, 0.25) is 0 Å². The average Bonchev–Trinajstić information content (AvgIpc) is 2.95. The van der Waals surface area contributed by atoms with Crippen molar-refractivity contribution in [3.05, 3.63) is 33.3 Å². The van der Waals surface area contributed by atoms with E-state index in [9.17, 15) is 0 Å². The fourth-order valence-corrected chi connectivity index (χ4v) is 5.63. The van der Waals surface area contributed by atoms with Crippen molar-refractivity contribution >= 4 is 31.9 Å². The number of rotatable bonds is 3. The van der Waals surface area contributed by atoms with Crippen LogP contribution in [0.1, 0.15) is 53.6 Å². The predicted molar refractivity (Wildman–Crippen MR) is 88.8 cm³/mol. The van der Waals surface area contributed by atoms with Crippen LogP contribution in [-0.4, -0.2) is 0 Å². The van der Waals surface area contributed by atoms with E-state index in [1.807, 2.05) is 0 Å². The lowest BCUT2D eigenvalue weighted by molar-refractivity contribution is 0.314. The highest BCUT2D eigenvalue weighted by molar-refractivity contribution is 9.10. The number of fused-ring (bicyclic) bond motifs is 2. The van der Waals surface area contributed by atoms with Gasteiger partial charge in [0.15, 0.2) is 0 Å². The van der Waals surface area contributed by atoms with Gasteiger partial charge in [-0.25, -0.2) is 0 Å². The fraction of sp³-hybridized carbons (Fsp3) is 0.647. The highest BCUT2D eigenvalue weighted by Gasteiger charge is 2.40. The zero-order valence-corrected chi connectivity index (χ0v) is 14.9. The third-order valence-electron chi connectivity index (χ3n) is 5.28. The third kappa shape index (κ3) is 2.81. The van der Waals surface area contributed by atoms with Gasteiger partial charge in [-0.1, -0.05) is 44.3 Å². The van der Waals surface area contributed by atoms with Crippen LogP contribution in [0.5, 0.6) is 0 Å². The third-order valence-corrected chi connectivity index (χ3v) is 7.00. The first-order valence-electron chi connectivity index (χ1n) is 7.45. The quantitative estimate of drug-likeness (QED) is 0.533. The lowest BCUT2D eigenvalue weighted by Gasteiger charge is -2.25. The summed E-state index contributed by atoms with van der Waals surface area (Å²) in [7, 11) is 0. The van der Waals surface area contributed by atoms with Gasteiger partial charge in [0.05, 0.1) is 0 Å². The molecule has 0 amide bonds. The minimum absolute atomic E-state index is 0.531. The summed E-state index contributed by atoms with van der Waals surface area (Å²) in [5, 5.41) is 0. The summed E-state index contributed by atoms with van der Waals surface area (Å²) >= 11 is 7.59. The maximum Gasteiger partial charge on any atom is 0.0400 e. The molecule has 2 saturated carbocycles. The maximum atomic E-state index is 3.96. The molecule has 0 aliphatic heterocycles. The van der Waals surface area contributed by atoms with Crippen molar-refractivity contribution in [2.75, 3.05) is 0 Å². The van der Waals surface area contributed by atoms with Gasteiger partial charge in [0.25, 0.3) is 0 Å². The number of benzene rings is 1. The van der Waals surface area contributed by atoms with E-state index < -0.39 is 0 Å². The maximum absolute atomic E-state index is 3.96. The lowest BCUT2D eigenvalue weighted by atomic mass is 9.84. The fourth-order valence-electron chi connectivity index (χ4n) is 4.20. The number of hydrogen-bond donors (Lipinski definition) is 0. The summed E-state index contributed by atoms with van der Waals surface area (Å²) in [4.78, 5) is 0.531. The van der Waals surface area contributed by atoms with Crippen LogP contribution < -0.4 is 0 Å². The summed E-state index contributed by atoms with van der Waals surface area (Å²) < 4.78 is 1.23. The van der Waals surface area contributed by atoms with Crippen molar-refractivity contribution in [1.82, 2.24) is 0 Å². The first-order chi connectivity index (χ1) is 9.04. The molecule has 0 aromatic heterocycles. The van der Waals surface area contributed by atoms with Crippen molar-refractivity contribution in [2.24, 2.45) is 17.8 Å². The molecule has 19 heavy (non-hydrogen) atoms. The molecule has 2 heteroatoms. The van der Waals surface area contributed by atoms with Gasteiger partial charge in [-0.05, 0) is 80.0 Å². The molecular weight excluding hydrogens is 364 g/mol. The second kappa shape index (κ2) is 5.52. The summed E-state index contributed by atoms with van der Waals surface area (Å²) in [6.45, 7) is 4.42. The van der Waals surface area contributed by atoms with Crippen LogP contribution in [0, 0.1) is 31.6 Å². The molecule has 0 nitrogen and oxygen atoms in total. The van der Waals surface area contributed by atoms with Crippen molar-refractivity contribution in [1.29, 1.82) is 0 Å². The van der Waals surface area contributed by atoms with Gasteiger partial charge in [-0.3, -0.25) is 0 Å². The first kappa shape index (κ1) is 14.1. The molecule has 4 atom stereocenters. The van der Waals surface area contributed by atoms with E-state index in [0.29, 0.717) is 4.83 Å². The second-order valence-corrected chi connectivity index (χ2v) is 8.56. The molecule has 104 valence electrons. The largest absolute Gasteiger partial charge is 0.0839 e. The Hall–Kier alpha value is 0.180. The van der Waals surface area contributed by atoms with E-state index in [1.165, 1.54) is 53.3 Å². The van der Waals surface area contributed by atoms with E-state index in [0.717, 1.165) is 17.8 Å². The highest BCUT2D eigenvalue weighted by Crippen LogP contribution is 2.52. The second-order valence-electron chi connectivity index (χ2n) is 6.60. The van der Waals surface area contributed by atoms with Crippen LogP contribution in [0.25, 0.3) is 0 Å². The summed E-state index contributed by atoms with van der Waals surface area (Å²) in [6, 6.07) is 4.62. The molecule has 2 aliphatic rings. The molecule has 0 spiro atoms. The Bertz CT molecular complexity index is 480. The normalized spacial score (nSPS) is 30.8. The Kier molecular flexibility index (Phi) is 4.11. The molecule has 2 bridgehead atoms. The number of aryl methyl sites for hydroxylation is 2. The van der Waals surface area contributed by atoms with Gasteiger partial charge < -0.3 is 0 Å². The van der Waals surface area contributed by atoms with E-state index in [2.05, 4.69) is 57.8 Å². The number of alkyl halides is 1. The molecule has 3 rings (SSSR count). The Morgan fingerprint density at radius 1 is 1.16 bits per heavy atom. The van der Waals surface area contributed by atoms with Crippen molar-refractivity contribution in [3.63, 3.8) is 0 Å². The number of hydrogen-bond acceptors (Lipinski definition) is 0. The SMILES string of the molecule is Cc1cc(C(Br)CC2CC3CCC2C3)c(C)cc1Br. The Labute approximate surface area is 133 Å². The predicted octanol–water partition coefficient (Wildman–Crippen LogP) is 6.33. The molecule has 0 saturated heterocycles. The highest BCUT2D eigenvalue weighted by atomic mass is 79.9. The standard InChI is InChI=1S/C17H22Br2/c1-10-6-16(18)11(2)5-15(10)17(19)9-14-8-12-3-4-13(14)7-12/h5-6,12-14,17H,3-4,7-9H2,1-2H3. The van der Waals surface area contributed by atoms with Crippen LogP contribution in [0.3, 0.4) is 0 Å². The van der Waals surface area contributed by atoms with E-state index in [4.69, 9.17) is 0 Å². The molecule has 0 heterocycles. The molecule has 1 aromatic rings. The Morgan fingerprint density at radius 2 is 1.95 bits per heavy atom. The first-order valence-corrected chi connectivity index (χ1v) is 9.16. The number of halogens is 2. The van der Waals surface area contributed by atoms with Crippen LogP contribution >= 0.6 is 31.9 Å². The van der Waals surface area contributed by atoms with E-state index >= 15 is 0 Å². The van der Waals surface area contributed by atoms with Gasteiger partial charge in [-0.15, -0.1) is 0 Å². The van der Waals surface area contributed by atoms with Crippen molar-refractivity contribution in [3.8, 4) is 0 Å². The Morgan fingerprint density at radius 3 is 2.58 bits per heavy atom. The zero-order valence-electron chi connectivity index (χ0n) is 11.8. The van der Waals surface area contributed by atoms with Gasteiger partial charge in [-0.2, -0.15) is 0 Å². The molecule has 1 aromatic carbocycles. The topological polar surface area (TPSA) is 0 Å². The van der Waals surface area contributed by atoms with Gasteiger partial charge in [0, 0.05) is 9.30 Å². The Balaban J connectivity index is 1.73. The molecule has 4 unspecified atom stereocenters.